The molecule has 3 rings (SSSR count). The van der Waals surface area contributed by atoms with Crippen molar-refractivity contribution in [2.75, 3.05) is 35.0 Å². The van der Waals surface area contributed by atoms with Gasteiger partial charge >= 0.3 is 11.9 Å². The highest BCUT2D eigenvalue weighted by Gasteiger charge is 2.47. The molecule has 1 heterocycles. The molecule has 0 spiro atoms. The summed E-state index contributed by atoms with van der Waals surface area (Å²) in [6.45, 7) is 5.75. The minimum absolute atomic E-state index is 0.235. The normalized spacial score (nSPS) is 21.7. The van der Waals surface area contributed by atoms with Gasteiger partial charge in [-0.2, -0.15) is 0 Å². The summed E-state index contributed by atoms with van der Waals surface area (Å²) in [6, 6.07) is 3.42. The summed E-state index contributed by atoms with van der Waals surface area (Å²) in [5.74, 6) is -2.44. The first-order valence-corrected chi connectivity index (χ1v) is 11.5. The second kappa shape index (κ2) is 10.8. The minimum Gasteiger partial charge on any atom is -0.493 e. The van der Waals surface area contributed by atoms with E-state index in [4.69, 9.17) is 23.7 Å². The van der Waals surface area contributed by atoms with Gasteiger partial charge in [0.15, 0.2) is 17.3 Å². The maximum Gasteiger partial charge on any atom is 0.336 e. The van der Waals surface area contributed by atoms with E-state index < -0.39 is 23.8 Å². The minimum atomic E-state index is -0.976. The Hall–Kier alpha value is -3.49. The number of hydrogen-bond acceptors (Lipinski definition) is 9. The van der Waals surface area contributed by atoms with Crippen molar-refractivity contribution < 1.29 is 38.1 Å². The van der Waals surface area contributed by atoms with E-state index in [9.17, 15) is 14.4 Å². The Labute approximate surface area is 205 Å². The van der Waals surface area contributed by atoms with E-state index in [1.807, 2.05) is 13.8 Å². The van der Waals surface area contributed by atoms with Crippen molar-refractivity contribution >= 4 is 17.7 Å². The van der Waals surface area contributed by atoms with E-state index in [0.717, 1.165) is 0 Å². The Balaban J connectivity index is 2.27. The third-order valence-corrected chi connectivity index (χ3v) is 6.42. The lowest BCUT2D eigenvalue weighted by Crippen LogP contribution is -2.43. The van der Waals surface area contributed by atoms with Crippen LogP contribution in [0.3, 0.4) is 0 Å². The predicted octanol–water partition coefficient (Wildman–Crippen LogP) is 3.28. The third kappa shape index (κ3) is 4.72. The molecule has 3 unspecified atom stereocenters. The fraction of sp³-hybridized carbons (Fsp3) is 0.500. The van der Waals surface area contributed by atoms with Crippen LogP contribution in [0.5, 0.6) is 17.2 Å². The zero-order chi connectivity index (χ0) is 25.9. The number of esters is 2. The molecule has 0 aromatic heterocycles. The summed E-state index contributed by atoms with van der Waals surface area (Å²) in [6.07, 6.45) is 1.09. The fourth-order valence-corrected chi connectivity index (χ4v) is 4.82. The summed E-state index contributed by atoms with van der Waals surface area (Å²) in [4.78, 5) is 39.6. The highest BCUT2D eigenvalue weighted by Crippen LogP contribution is 2.48. The summed E-state index contributed by atoms with van der Waals surface area (Å²) in [5, 5.41) is 3.24. The summed E-state index contributed by atoms with van der Waals surface area (Å²) >= 11 is 0. The van der Waals surface area contributed by atoms with E-state index in [2.05, 4.69) is 5.32 Å². The van der Waals surface area contributed by atoms with Crippen molar-refractivity contribution in [1.29, 1.82) is 0 Å². The van der Waals surface area contributed by atoms with E-state index in [-0.39, 0.29) is 23.9 Å². The molecule has 0 radical (unpaired) electrons. The van der Waals surface area contributed by atoms with Crippen LogP contribution in [0.1, 0.15) is 45.1 Å². The van der Waals surface area contributed by atoms with Crippen molar-refractivity contribution in [2.45, 2.75) is 39.5 Å². The SMILES string of the molecule is CCCOC(=O)C1=C(C)NC2=C(C(=O)C(C(=O)OC)C(C)C2)C1c1cc(OC)c(OC)c(OC)c1. The van der Waals surface area contributed by atoms with Gasteiger partial charge in [0, 0.05) is 22.9 Å². The third-order valence-electron chi connectivity index (χ3n) is 6.42. The number of rotatable bonds is 8. The van der Waals surface area contributed by atoms with Crippen molar-refractivity contribution in [3.63, 3.8) is 0 Å². The van der Waals surface area contributed by atoms with Gasteiger partial charge in [0.25, 0.3) is 0 Å². The van der Waals surface area contributed by atoms with Gasteiger partial charge in [0.05, 0.1) is 40.6 Å². The number of allylic oxidation sites excluding steroid dienone is 3. The molecule has 1 N–H and O–H groups in total. The van der Waals surface area contributed by atoms with Crippen LogP contribution in [0, 0.1) is 11.8 Å². The number of ketones is 1. The van der Waals surface area contributed by atoms with Crippen molar-refractivity contribution in [1.82, 2.24) is 5.32 Å². The van der Waals surface area contributed by atoms with Crippen LogP contribution < -0.4 is 19.5 Å². The summed E-state index contributed by atoms with van der Waals surface area (Å²) in [7, 11) is 5.74. The largest absolute Gasteiger partial charge is 0.493 e. The first-order valence-electron chi connectivity index (χ1n) is 11.5. The lowest BCUT2D eigenvalue weighted by Gasteiger charge is -2.38. The molecule has 0 saturated carbocycles. The van der Waals surface area contributed by atoms with E-state index in [1.54, 1.807) is 19.1 Å². The predicted molar refractivity (Wildman–Crippen MR) is 127 cm³/mol. The highest BCUT2D eigenvalue weighted by atomic mass is 16.5. The Morgan fingerprint density at radius 1 is 1.06 bits per heavy atom. The van der Waals surface area contributed by atoms with E-state index in [1.165, 1.54) is 28.4 Å². The second-order valence-electron chi connectivity index (χ2n) is 8.63. The first-order chi connectivity index (χ1) is 16.7. The van der Waals surface area contributed by atoms with Crippen molar-refractivity contribution in [3.8, 4) is 17.2 Å². The summed E-state index contributed by atoms with van der Waals surface area (Å²) < 4.78 is 26.9. The van der Waals surface area contributed by atoms with Crippen molar-refractivity contribution in [3.05, 3.63) is 40.2 Å². The van der Waals surface area contributed by atoms with Gasteiger partial charge in [0.2, 0.25) is 5.75 Å². The zero-order valence-electron chi connectivity index (χ0n) is 21.3. The van der Waals surface area contributed by atoms with E-state index in [0.29, 0.717) is 52.6 Å². The van der Waals surface area contributed by atoms with Crippen LogP contribution in [-0.2, 0) is 23.9 Å². The average Bonchev–Trinajstić information content (AvgIpc) is 2.85. The standard InChI is InChI=1S/C26H33NO8/c1-8-9-35-26(30)20-14(3)27-16-10-13(2)19(25(29)34-7)23(28)22(16)21(20)15-11-17(31-4)24(33-6)18(12-15)32-5/h11-13,19,21,27H,8-10H2,1-7H3. The number of carbonyl (C=O) groups is 3. The number of ether oxygens (including phenoxy) is 5. The lowest BCUT2D eigenvalue weighted by molar-refractivity contribution is -0.151. The maximum absolute atomic E-state index is 13.8. The number of benzene rings is 1. The average molecular weight is 488 g/mol. The Kier molecular flexibility index (Phi) is 8.09. The number of methoxy groups -OCH3 is 4. The van der Waals surface area contributed by atoms with Crippen LogP contribution in [0.4, 0.5) is 0 Å². The van der Waals surface area contributed by atoms with Crippen LogP contribution in [0.15, 0.2) is 34.7 Å². The zero-order valence-corrected chi connectivity index (χ0v) is 21.3. The highest BCUT2D eigenvalue weighted by molar-refractivity contribution is 6.12. The molecule has 190 valence electrons. The lowest BCUT2D eigenvalue weighted by atomic mass is 9.69. The smallest absolute Gasteiger partial charge is 0.336 e. The van der Waals surface area contributed by atoms with Crippen molar-refractivity contribution in [2.24, 2.45) is 11.8 Å². The van der Waals surface area contributed by atoms with Gasteiger partial charge in [-0.25, -0.2) is 4.79 Å². The molecule has 1 aromatic carbocycles. The number of dihydropyridines is 1. The Bertz CT molecular complexity index is 1060. The number of Topliss-reactive ketones (excluding diaryl/α,β-unsaturated/α-hetero) is 1. The van der Waals surface area contributed by atoms with Gasteiger partial charge in [-0.3, -0.25) is 9.59 Å². The van der Waals surface area contributed by atoms with Crippen LogP contribution in [-0.4, -0.2) is 52.8 Å². The van der Waals surface area contributed by atoms with Gasteiger partial charge in [-0.15, -0.1) is 0 Å². The molecule has 0 fully saturated rings. The number of nitrogens with one attached hydrogen (secondary N) is 1. The maximum atomic E-state index is 13.8. The van der Waals surface area contributed by atoms with Crippen LogP contribution >= 0.6 is 0 Å². The quantitative estimate of drug-likeness (QED) is 0.436. The van der Waals surface area contributed by atoms with Gasteiger partial charge in [-0.05, 0) is 43.4 Å². The first kappa shape index (κ1) is 26.1. The number of carbonyl (C=O) groups excluding carboxylic acids is 3. The molecule has 35 heavy (non-hydrogen) atoms. The molecule has 1 aliphatic heterocycles. The van der Waals surface area contributed by atoms with Crippen LogP contribution in [0.25, 0.3) is 0 Å². The molecule has 2 aliphatic rings. The molecule has 0 amide bonds. The number of hydrogen-bond donors (Lipinski definition) is 1. The van der Waals surface area contributed by atoms with Gasteiger partial charge in [-0.1, -0.05) is 13.8 Å². The second-order valence-corrected chi connectivity index (χ2v) is 8.63. The Morgan fingerprint density at radius 2 is 1.69 bits per heavy atom. The fourth-order valence-electron chi connectivity index (χ4n) is 4.82. The molecular formula is C26H33NO8. The molecule has 1 aromatic rings. The topological polar surface area (TPSA) is 109 Å². The molecule has 9 heteroatoms. The molecule has 0 saturated heterocycles. The van der Waals surface area contributed by atoms with Crippen LogP contribution in [0.2, 0.25) is 0 Å². The van der Waals surface area contributed by atoms with E-state index >= 15 is 0 Å². The molecule has 9 nitrogen and oxygen atoms in total. The molecular weight excluding hydrogens is 454 g/mol. The molecule has 1 aliphatic carbocycles. The summed E-state index contributed by atoms with van der Waals surface area (Å²) in [5.41, 5.74) is 2.45. The monoisotopic (exact) mass is 487 g/mol. The Morgan fingerprint density at radius 3 is 2.20 bits per heavy atom. The van der Waals surface area contributed by atoms with Gasteiger partial charge in [0.1, 0.15) is 5.92 Å². The molecule has 0 bridgehead atoms. The molecule has 3 atom stereocenters. The van der Waals surface area contributed by atoms with Gasteiger partial charge < -0.3 is 29.0 Å².